The van der Waals surface area contributed by atoms with Crippen molar-refractivity contribution in [2.24, 2.45) is 0 Å². The molecule has 4 rings (SSSR count). The van der Waals surface area contributed by atoms with E-state index in [1.54, 1.807) is 30.3 Å². The molecule has 0 spiro atoms. The Kier molecular flexibility index (Phi) is 5.79. The second-order valence-corrected chi connectivity index (χ2v) is 7.65. The monoisotopic (exact) mass is 435 g/mol. The summed E-state index contributed by atoms with van der Waals surface area (Å²) in [6.07, 6.45) is 0. The number of para-hydroxylation sites is 1. The number of rotatable bonds is 5. The largest absolute Gasteiger partial charge is 0.344 e. The summed E-state index contributed by atoms with van der Waals surface area (Å²) in [5.41, 5.74) is 2.15. The lowest BCUT2D eigenvalue weighted by Gasteiger charge is -2.20. The zero-order valence-electron chi connectivity index (χ0n) is 15.8. The molecule has 1 amide bonds. The van der Waals surface area contributed by atoms with Crippen LogP contribution >= 0.6 is 23.8 Å². The molecule has 0 radical (unpaired) electrons. The van der Waals surface area contributed by atoms with Gasteiger partial charge in [0, 0.05) is 5.02 Å². The highest BCUT2D eigenvalue weighted by atomic mass is 35.5. The van der Waals surface area contributed by atoms with E-state index in [0.29, 0.717) is 15.9 Å². The zero-order chi connectivity index (χ0) is 21.1. The van der Waals surface area contributed by atoms with Crippen molar-refractivity contribution in [1.29, 1.82) is 0 Å². The van der Waals surface area contributed by atoms with Gasteiger partial charge in [-0.1, -0.05) is 66.2 Å². The molecule has 0 bridgehead atoms. The average Bonchev–Trinajstić information content (AvgIpc) is 2.76. The smallest absolute Gasteiger partial charge is 0.262 e. The van der Waals surface area contributed by atoms with Crippen molar-refractivity contribution in [1.82, 2.24) is 14.9 Å². The van der Waals surface area contributed by atoms with E-state index in [9.17, 15) is 9.59 Å². The van der Waals surface area contributed by atoms with Crippen molar-refractivity contribution in [2.75, 3.05) is 0 Å². The fraction of sp³-hybridized carbons (Fsp3) is 0.0870. The maximum absolute atomic E-state index is 12.9. The summed E-state index contributed by atoms with van der Waals surface area (Å²) >= 11 is 11.3. The molecule has 0 aliphatic rings. The lowest BCUT2D eigenvalue weighted by molar-refractivity contribution is -0.122. The van der Waals surface area contributed by atoms with Gasteiger partial charge in [-0.25, -0.2) is 0 Å². The van der Waals surface area contributed by atoms with Crippen molar-refractivity contribution in [3.8, 4) is 0 Å². The van der Waals surface area contributed by atoms with Gasteiger partial charge in [-0.3, -0.25) is 14.2 Å². The first-order valence-corrected chi connectivity index (χ1v) is 10.1. The molecule has 1 heterocycles. The van der Waals surface area contributed by atoms with E-state index in [0.717, 1.165) is 11.1 Å². The van der Waals surface area contributed by atoms with Gasteiger partial charge >= 0.3 is 0 Å². The molecule has 30 heavy (non-hydrogen) atoms. The zero-order valence-corrected chi connectivity index (χ0v) is 17.4. The minimum Gasteiger partial charge on any atom is -0.344 e. The highest BCUT2D eigenvalue weighted by Gasteiger charge is 2.18. The van der Waals surface area contributed by atoms with Crippen molar-refractivity contribution in [3.05, 3.63) is 110 Å². The van der Waals surface area contributed by atoms with Crippen LogP contribution in [0.4, 0.5) is 0 Å². The third-order valence-corrected chi connectivity index (χ3v) is 5.41. The Balaban J connectivity index is 1.65. The van der Waals surface area contributed by atoms with Crippen LogP contribution < -0.4 is 10.9 Å². The van der Waals surface area contributed by atoms with Crippen LogP contribution in [0.5, 0.6) is 0 Å². The summed E-state index contributed by atoms with van der Waals surface area (Å²) in [6, 6.07) is 23.6. The molecule has 1 aromatic heterocycles. The van der Waals surface area contributed by atoms with Gasteiger partial charge in [-0.05, 0) is 47.6 Å². The summed E-state index contributed by atoms with van der Waals surface area (Å²) in [4.78, 5) is 28.8. The molecule has 0 unspecified atom stereocenters. The van der Waals surface area contributed by atoms with Gasteiger partial charge in [0.15, 0.2) is 4.77 Å². The van der Waals surface area contributed by atoms with Gasteiger partial charge in [0.1, 0.15) is 6.54 Å². The van der Waals surface area contributed by atoms with E-state index in [1.807, 2.05) is 48.5 Å². The molecule has 0 fully saturated rings. The first-order chi connectivity index (χ1) is 14.5. The van der Waals surface area contributed by atoms with E-state index >= 15 is 0 Å². The third kappa shape index (κ3) is 4.20. The van der Waals surface area contributed by atoms with Crippen LogP contribution in [0.25, 0.3) is 10.9 Å². The van der Waals surface area contributed by atoms with Gasteiger partial charge in [0.2, 0.25) is 5.91 Å². The van der Waals surface area contributed by atoms with Crippen molar-refractivity contribution in [3.63, 3.8) is 0 Å². The molecule has 5 nitrogen and oxygen atoms in total. The normalized spacial score (nSPS) is 11.9. The van der Waals surface area contributed by atoms with Crippen LogP contribution in [0.15, 0.2) is 83.7 Å². The van der Waals surface area contributed by atoms with Crippen molar-refractivity contribution in [2.45, 2.75) is 12.6 Å². The Labute approximate surface area is 183 Å². The molecular weight excluding hydrogens is 418 g/mol. The molecule has 0 saturated heterocycles. The number of aromatic nitrogens is 2. The number of H-pyrrole nitrogens is 1. The number of carbonyl (C=O) groups excluding carboxylic acids is 1. The number of benzene rings is 3. The van der Waals surface area contributed by atoms with Crippen LogP contribution in [0.3, 0.4) is 0 Å². The maximum Gasteiger partial charge on any atom is 0.262 e. The van der Waals surface area contributed by atoms with Crippen LogP contribution in [-0.4, -0.2) is 15.5 Å². The number of hydrogen-bond acceptors (Lipinski definition) is 3. The molecule has 7 heteroatoms. The minimum absolute atomic E-state index is 0.185. The number of fused-ring (bicyclic) bond motifs is 1. The number of amides is 1. The number of carbonyl (C=O) groups is 1. The standard InChI is InChI=1S/C23H18ClN3O2S/c24-17-12-10-16(11-13-17)21(15-6-2-1-3-7-15)26-20(28)14-27-22(29)18-8-4-5-9-19(18)25-23(27)30/h1-13,21H,14H2,(H,25,30)(H,26,28)/t21-/m0/s1. The molecule has 1 atom stereocenters. The summed E-state index contributed by atoms with van der Waals surface area (Å²) in [7, 11) is 0. The Hall–Kier alpha value is -3.22. The van der Waals surface area contributed by atoms with Gasteiger partial charge in [0.25, 0.3) is 5.56 Å². The predicted octanol–water partition coefficient (Wildman–Crippen LogP) is 4.62. The fourth-order valence-electron chi connectivity index (χ4n) is 3.35. The third-order valence-electron chi connectivity index (χ3n) is 4.83. The molecule has 0 saturated carbocycles. The Morgan fingerprint density at radius 1 is 0.967 bits per heavy atom. The number of nitrogens with one attached hydrogen (secondary N) is 2. The number of aromatic amines is 1. The SMILES string of the molecule is O=C(Cn1c(=S)[nH]c2ccccc2c1=O)N[C@@H](c1ccccc1)c1ccc(Cl)cc1. The van der Waals surface area contributed by atoms with Crippen LogP contribution in [-0.2, 0) is 11.3 Å². The van der Waals surface area contributed by atoms with Crippen LogP contribution in [0, 0.1) is 4.77 Å². The second-order valence-electron chi connectivity index (χ2n) is 6.83. The van der Waals surface area contributed by atoms with E-state index in [4.69, 9.17) is 23.8 Å². The summed E-state index contributed by atoms with van der Waals surface area (Å²) in [6.45, 7) is -0.185. The van der Waals surface area contributed by atoms with E-state index in [-0.39, 0.29) is 28.8 Å². The topological polar surface area (TPSA) is 66.9 Å². The molecule has 0 aliphatic carbocycles. The first-order valence-electron chi connectivity index (χ1n) is 9.34. The summed E-state index contributed by atoms with van der Waals surface area (Å²) in [5.74, 6) is -0.323. The van der Waals surface area contributed by atoms with Crippen molar-refractivity contribution >= 4 is 40.6 Å². The van der Waals surface area contributed by atoms with E-state index in [1.165, 1.54) is 4.57 Å². The Morgan fingerprint density at radius 3 is 2.33 bits per heavy atom. The summed E-state index contributed by atoms with van der Waals surface area (Å²) in [5, 5.41) is 4.12. The van der Waals surface area contributed by atoms with Crippen LogP contribution in [0.2, 0.25) is 5.02 Å². The second kappa shape index (κ2) is 8.65. The first kappa shape index (κ1) is 20.1. The molecule has 4 aromatic rings. The highest BCUT2D eigenvalue weighted by Crippen LogP contribution is 2.23. The molecule has 150 valence electrons. The summed E-state index contributed by atoms with van der Waals surface area (Å²) < 4.78 is 1.48. The molecule has 0 aliphatic heterocycles. The minimum atomic E-state index is -0.385. The average molecular weight is 436 g/mol. The number of hydrogen-bond donors (Lipinski definition) is 2. The molecule has 2 N–H and O–H groups in total. The number of nitrogens with zero attached hydrogens (tertiary/aromatic N) is 1. The van der Waals surface area contributed by atoms with E-state index < -0.39 is 0 Å². The van der Waals surface area contributed by atoms with Gasteiger partial charge in [0.05, 0.1) is 16.9 Å². The quantitative estimate of drug-likeness (QED) is 0.449. The molecule has 3 aromatic carbocycles. The van der Waals surface area contributed by atoms with Gasteiger partial charge in [-0.15, -0.1) is 0 Å². The van der Waals surface area contributed by atoms with Crippen LogP contribution in [0.1, 0.15) is 17.2 Å². The Bertz CT molecular complexity index is 1310. The lowest BCUT2D eigenvalue weighted by Crippen LogP contribution is -2.35. The van der Waals surface area contributed by atoms with Gasteiger partial charge < -0.3 is 10.3 Å². The number of halogens is 1. The fourth-order valence-corrected chi connectivity index (χ4v) is 3.74. The lowest BCUT2D eigenvalue weighted by atomic mass is 9.98. The molecular formula is C23H18ClN3O2S. The van der Waals surface area contributed by atoms with Crippen molar-refractivity contribution < 1.29 is 4.79 Å². The highest BCUT2D eigenvalue weighted by molar-refractivity contribution is 7.71. The van der Waals surface area contributed by atoms with Gasteiger partial charge in [-0.2, -0.15) is 0 Å². The van der Waals surface area contributed by atoms with E-state index in [2.05, 4.69) is 10.3 Å². The predicted molar refractivity (Wildman–Crippen MR) is 121 cm³/mol. The Morgan fingerprint density at radius 2 is 1.60 bits per heavy atom. The maximum atomic E-state index is 12.9.